The lowest BCUT2D eigenvalue weighted by Gasteiger charge is -2.37. The zero-order chi connectivity index (χ0) is 25.6. The van der Waals surface area contributed by atoms with Crippen molar-refractivity contribution >= 4 is 46.0 Å². The van der Waals surface area contributed by atoms with Crippen molar-refractivity contribution in [2.45, 2.75) is 32.3 Å². The first-order valence-corrected chi connectivity index (χ1v) is 13.0. The Morgan fingerprint density at radius 3 is 2.46 bits per heavy atom. The van der Waals surface area contributed by atoms with E-state index in [-0.39, 0.29) is 17.4 Å². The van der Waals surface area contributed by atoms with Gasteiger partial charge < -0.3 is 15.0 Å². The molecule has 1 amide bonds. The normalized spacial score (nSPS) is 17.8. The van der Waals surface area contributed by atoms with Crippen molar-refractivity contribution < 1.29 is 9.53 Å². The summed E-state index contributed by atoms with van der Waals surface area (Å²) >= 11 is 12.6. The summed E-state index contributed by atoms with van der Waals surface area (Å²) < 4.78 is 6.17. The van der Waals surface area contributed by atoms with Gasteiger partial charge in [0.15, 0.2) is 0 Å². The molecule has 2 aliphatic heterocycles. The highest BCUT2D eigenvalue weighted by Gasteiger charge is 2.44. The Morgan fingerprint density at radius 1 is 1.05 bits per heavy atom. The predicted octanol–water partition coefficient (Wildman–Crippen LogP) is 4.97. The van der Waals surface area contributed by atoms with Crippen LogP contribution in [-0.4, -0.2) is 50.7 Å². The van der Waals surface area contributed by atoms with E-state index in [1.807, 2.05) is 25.1 Å². The number of amides is 1. The van der Waals surface area contributed by atoms with E-state index in [4.69, 9.17) is 27.9 Å². The van der Waals surface area contributed by atoms with Gasteiger partial charge in [0, 0.05) is 60.9 Å². The Balaban J connectivity index is 1.20. The van der Waals surface area contributed by atoms with Gasteiger partial charge in [-0.05, 0) is 44.4 Å². The van der Waals surface area contributed by atoms with Crippen molar-refractivity contribution in [2.24, 2.45) is 5.41 Å². The second-order valence-electron chi connectivity index (χ2n) is 9.60. The molecule has 11 heteroatoms. The number of anilines is 1. The fourth-order valence-electron chi connectivity index (χ4n) is 5.29. The van der Waals surface area contributed by atoms with Gasteiger partial charge in [-0.15, -0.1) is 0 Å². The highest BCUT2D eigenvalue weighted by atomic mass is 35.5. The van der Waals surface area contributed by atoms with Gasteiger partial charge in [0.05, 0.1) is 21.0 Å². The van der Waals surface area contributed by atoms with Crippen LogP contribution >= 0.6 is 23.2 Å². The summed E-state index contributed by atoms with van der Waals surface area (Å²) in [5, 5.41) is 12.3. The third kappa shape index (κ3) is 4.36. The molecule has 5 heterocycles. The molecule has 2 saturated heterocycles. The summed E-state index contributed by atoms with van der Waals surface area (Å²) in [5.74, 6) is 1.52. The maximum atomic E-state index is 12.3. The Bertz CT molecular complexity index is 1450. The van der Waals surface area contributed by atoms with Crippen LogP contribution in [0.25, 0.3) is 22.2 Å². The number of hydrogen-bond acceptors (Lipinski definition) is 7. The number of carbonyl (C=O) groups is 1. The topological polar surface area (TPSA) is 109 Å². The first-order chi connectivity index (χ1) is 17.9. The van der Waals surface area contributed by atoms with Crippen LogP contribution in [0.5, 0.6) is 5.75 Å². The molecule has 6 rings (SSSR count). The molecule has 0 saturated carbocycles. The lowest BCUT2D eigenvalue weighted by Crippen LogP contribution is -2.44. The Hall–Kier alpha value is -3.43. The van der Waals surface area contributed by atoms with E-state index in [2.05, 4.69) is 35.4 Å². The number of aromatic amines is 1. The van der Waals surface area contributed by atoms with Crippen LogP contribution in [0.3, 0.4) is 0 Å². The van der Waals surface area contributed by atoms with E-state index >= 15 is 0 Å². The molecule has 1 atom stereocenters. The minimum absolute atomic E-state index is 0.193. The van der Waals surface area contributed by atoms with Crippen LogP contribution < -0.4 is 15.0 Å². The number of carbonyl (C=O) groups excluding carboxylic acids is 1. The lowest BCUT2D eigenvalue weighted by molar-refractivity contribution is -0.128. The number of halogens is 2. The maximum absolute atomic E-state index is 12.3. The summed E-state index contributed by atoms with van der Waals surface area (Å²) in [6.07, 6.45) is 8.87. The van der Waals surface area contributed by atoms with Crippen molar-refractivity contribution in [3.8, 4) is 17.0 Å². The SMILES string of the molecule is C[C@@H](Oc1ccc2[nH]nc(-c3cnc(N4CCC5(CCNC5=O)CC4)nc3)c2c1)c1c(Cl)cncc1Cl. The smallest absolute Gasteiger partial charge is 0.226 e. The van der Waals surface area contributed by atoms with Crippen molar-refractivity contribution in [3.05, 3.63) is 58.6 Å². The van der Waals surface area contributed by atoms with Crippen molar-refractivity contribution in [2.75, 3.05) is 24.5 Å². The zero-order valence-electron chi connectivity index (χ0n) is 20.2. The van der Waals surface area contributed by atoms with Gasteiger partial charge in [0.25, 0.3) is 0 Å². The van der Waals surface area contributed by atoms with Gasteiger partial charge in [-0.1, -0.05) is 23.2 Å². The summed E-state index contributed by atoms with van der Waals surface area (Å²) in [6, 6.07) is 5.72. The summed E-state index contributed by atoms with van der Waals surface area (Å²) in [7, 11) is 0. The Kier molecular flexibility index (Phi) is 6.12. The number of rotatable bonds is 5. The largest absolute Gasteiger partial charge is 0.486 e. The molecular weight excluding hydrogens is 513 g/mol. The maximum Gasteiger partial charge on any atom is 0.226 e. The molecule has 2 N–H and O–H groups in total. The minimum Gasteiger partial charge on any atom is -0.486 e. The van der Waals surface area contributed by atoms with Gasteiger partial charge in [-0.2, -0.15) is 5.10 Å². The number of hydrogen-bond donors (Lipinski definition) is 2. The van der Waals surface area contributed by atoms with E-state index in [1.165, 1.54) is 0 Å². The average molecular weight is 538 g/mol. The molecule has 4 aromatic rings. The number of fused-ring (bicyclic) bond motifs is 1. The standard InChI is InChI=1S/C26H25Cl2N7O2/c1-15(22-19(27)13-29-14-20(22)28)37-17-2-3-21-18(10-17)23(34-33-21)16-11-31-25(32-12-16)35-8-5-26(6-9-35)4-7-30-24(26)36/h2-3,10-15H,4-9H2,1H3,(H,30,36)(H,33,34)/t15-/m1/s1. The highest BCUT2D eigenvalue weighted by Crippen LogP contribution is 2.39. The van der Waals surface area contributed by atoms with Crippen LogP contribution in [0.1, 0.15) is 37.9 Å². The van der Waals surface area contributed by atoms with Gasteiger partial charge in [0.1, 0.15) is 17.5 Å². The van der Waals surface area contributed by atoms with E-state index in [0.29, 0.717) is 27.3 Å². The zero-order valence-corrected chi connectivity index (χ0v) is 21.7. The summed E-state index contributed by atoms with van der Waals surface area (Å²) in [5.41, 5.74) is 2.88. The number of H-pyrrole nitrogens is 1. The first kappa shape index (κ1) is 23.9. The van der Waals surface area contributed by atoms with Crippen molar-refractivity contribution in [1.29, 1.82) is 0 Å². The summed E-state index contributed by atoms with van der Waals surface area (Å²) in [4.78, 5) is 27.7. The van der Waals surface area contributed by atoms with E-state index in [0.717, 1.165) is 61.1 Å². The summed E-state index contributed by atoms with van der Waals surface area (Å²) in [6.45, 7) is 4.20. The molecule has 0 unspecified atom stereocenters. The third-order valence-electron chi connectivity index (χ3n) is 7.43. The van der Waals surface area contributed by atoms with Crippen molar-refractivity contribution in [3.63, 3.8) is 0 Å². The number of aromatic nitrogens is 5. The fourth-order valence-corrected chi connectivity index (χ4v) is 5.97. The monoisotopic (exact) mass is 537 g/mol. The average Bonchev–Trinajstić information content (AvgIpc) is 3.48. The second-order valence-corrected chi connectivity index (χ2v) is 10.4. The first-order valence-electron chi connectivity index (χ1n) is 12.2. The van der Waals surface area contributed by atoms with E-state index in [9.17, 15) is 4.79 Å². The quantitative estimate of drug-likeness (QED) is 0.369. The van der Waals surface area contributed by atoms with E-state index in [1.54, 1.807) is 24.8 Å². The molecule has 37 heavy (non-hydrogen) atoms. The van der Waals surface area contributed by atoms with Gasteiger partial charge in [-0.3, -0.25) is 14.9 Å². The number of nitrogens with zero attached hydrogens (tertiary/aromatic N) is 5. The molecule has 3 aromatic heterocycles. The molecule has 0 bridgehead atoms. The van der Waals surface area contributed by atoms with Gasteiger partial charge in [0.2, 0.25) is 11.9 Å². The molecular formula is C26H25Cl2N7O2. The molecule has 1 aromatic carbocycles. The predicted molar refractivity (Wildman–Crippen MR) is 142 cm³/mol. The van der Waals surface area contributed by atoms with Crippen molar-refractivity contribution in [1.82, 2.24) is 30.5 Å². The molecule has 0 radical (unpaired) electrons. The third-order valence-corrected chi connectivity index (χ3v) is 8.03. The van der Waals surface area contributed by atoms with Crippen LogP contribution in [0.15, 0.2) is 43.0 Å². The molecule has 2 fully saturated rings. The molecule has 0 aliphatic carbocycles. The van der Waals surface area contributed by atoms with Gasteiger partial charge in [-0.25, -0.2) is 9.97 Å². The Labute approximate surface area is 223 Å². The fraction of sp³-hybridized carbons (Fsp3) is 0.346. The molecule has 1 spiro atoms. The molecule has 2 aliphatic rings. The Morgan fingerprint density at radius 2 is 1.78 bits per heavy atom. The second kappa shape index (κ2) is 9.46. The molecule has 9 nitrogen and oxygen atoms in total. The number of nitrogens with one attached hydrogen (secondary N) is 2. The number of piperidine rings is 1. The van der Waals surface area contributed by atoms with Crippen LogP contribution in [0.2, 0.25) is 10.0 Å². The van der Waals surface area contributed by atoms with Crippen LogP contribution in [0, 0.1) is 5.41 Å². The van der Waals surface area contributed by atoms with E-state index < -0.39 is 0 Å². The number of ether oxygens (including phenoxy) is 1. The van der Waals surface area contributed by atoms with Crippen LogP contribution in [-0.2, 0) is 4.79 Å². The minimum atomic E-state index is -0.377. The number of benzene rings is 1. The van der Waals surface area contributed by atoms with Crippen LogP contribution in [0.4, 0.5) is 5.95 Å². The number of pyridine rings is 1. The lowest BCUT2D eigenvalue weighted by atomic mass is 9.77. The van der Waals surface area contributed by atoms with Gasteiger partial charge >= 0.3 is 0 Å². The highest BCUT2D eigenvalue weighted by molar-refractivity contribution is 6.35. The molecule has 190 valence electrons.